The molecule has 254 valence electrons. The first kappa shape index (κ1) is 35.4. The molecule has 3 saturated carbocycles. The maximum Gasteiger partial charge on any atom is 0.508 e. The fraction of sp³-hybridized carbons (Fsp3) is 0.778. The maximum absolute atomic E-state index is 12.5. The van der Waals surface area contributed by atoms with Gasteiger partial charge in [0.2, 0.25) is 8.32 Å². The number of rotatable bonds is 11. The Labute approximate surface area is 272 Å². The van der Waals surface area contributed by atoms with Gasteiger partial charge < -0.3 is 28.1 Å². The summed E-state index contributed by atoms with van der Waals surface area (Å²) in [4.78, 5) is 24.5. The lowest BCUT2D eigenvalue weighted by Gasteiger charge is -2.57. The van der Waals surface area contributed by atoms with Gasteiger partial charge in [0.15, 0.2) is 0 Å². The summed E-state index contributed by atoms with van der Waals surface area (Å²) in [5.41, 5.74) is 2.44. The number of fused-ring (bicyclic) bond motifs is 5. The molecule has 0 aliphatic heterocycles. The second kappa shape index (κ2) is 14.1. The van der Waals surface area contributed by atoms with Crippen LogP contribution in [0.2, 0.25) is 19.6 Å². The SMILES string of the molecule is CCCC[C@@H](/C=C(\OC)O[Si](C)(C)C)[C@@H](C)[C@H]1CC[C@H]2C3=CC=C4C[C@@H](OC(=O)OC)C[C@H](OC(=O)OC)[C@]4(C)[C@H]3CC[C@]12C. The maximum atomic E-state index is 12.5. The highest BCUT2D eigenvalue weighted by atomic mass is 28.4. The van der Waals surface area contributed by atoms with Crippen LogP contribution in [0.4, 0.5) is 9.59 Å². The molecule has 0 aromatic rings. The van der Waals surface area contributed by atoms with Crippen LogP contribution in [0.1, 0.15) is 85.5 Å². The minimum absolute atomic E-state index is 0.179. The Balaban J connectivity index is 1.64. The summed E-state index contributed by atoms with van der Waals surface area (Å²) in [7, 11) is 2.57. The minimum atomic E-state index is -1.80. The first-order chi connectivity index (χ1) is 21.2. The van der Waals surface area contributed by atoms with E-state index >= 15 is 0 Å². The highest BCUT2D eigenvalue weighted by molar-refractivity contribution is 6.70. The molecular weight excluding hydrogens is 588 g/mol. The number of methoxy groups -OCH3 is 3. The summed E-state index contributed by atoms with van der Waals surface area (Å²) in [5.74, 6) is 2.87. The lowest BCUT2D eigenvalue weighted by Crippen LogP contribution is -2.54. The highest BCUT2D eigenvalue weighted by Gasteiger charge is 2.60. The van der Waals surface area contributed by atoms with Crippen LogP contribution in [0.3, 0.4) is 0 Å². The van der Waals surface area contributed by atoms with Crippen molar-refractivity contribution in [2.45, 2.75) is 117 Å². The van der Waals surface area contributed by atoms with E-state index < -0.39 is 38.3 Å². The third kappa shape index (κ3) is 7.28. The van der Waals surface area contributed by atoms with Crippen LogP contribution in [-0.2, 0) is 28.1 Å². The molecule has 0 aromatic heterocycles. The monoisotopic (exact) mass is 646 g/mol. The van der Waals surface area contributed by atoms with E-state index in [4.69, 9.17) is 28.1 Å². The second-order valence-corrected chi connectivity index (χ2v) is 19.7. The summed E-state index contributed by atoms with van der Waals surface area (Å²) < 4.78 is 33.4. The van der Waals surface area contributed by atoms with E-state index in [9.17, 15) is 9.59 Å². The van der Waals surface area contributed by atoms with Crippen molar-refractivity contribution in [2.75, 3.05) is 21.3 Å². The van der Waals surface area contributed by atoms with Gasteiger partial charge in [0.05, 0.1) is 21.3 Å². The van der Waals surface area contributed by atoms with Crippen LogP contribution in [0.5, 0.6) is 0 Å². The number of unbranched alkanes of at least 4 members (excludes halogenated alkanes) is 1. The summed E-state index contributed by atoms with van der Waals surface area (Å²) in [6.07, 6.45) is 13.5. The summed E-state index contributed by atoms with van der Waals surface area (Å²) >= 11 is 0. The molecular formula is C36H58O8Si. The third-order valence-corrected chi connectivity index (χ3v) is 12.5. The van der Waals surface area contributed by atoms with Crippen LogP contribution in [0, 0.1) is 40.4 Å². The number of allylic oxidation sites excluding steroid dienone is 4. The molecule has 0 bridgehead atoms. The molecule has 4 rings (SSSR count). The van der Waals surface area contributed by atoms with Gasteiger partial charge in [-0.3, -0.25) is 0 Å². The van der Waals surface area contributed by atoms with E-state index in [2.05, 4.69) is 65.6 Å². The second-order valence-electron chi connectivity index (χ2n) is 15.2. The average Bonchev–Trinajstić information content (AvgIpc) is 3.35. The van der Waals surface area contributed by atoms with Crippen molar-refractivity contribution in [3.8, 4) is 0 Å². The summed E-state index contributed by atoms with van der Waals surface area (Å²) in [6.45, 7) is 16.1. The molecule has 0 saturated heterocycles. The number of hydrogen-bond donors (Lipinski definition) is 0. The first-order valence-electron chi connectivity index (χ1n) is 17.1. The molecule has 45 heavy (non-hydrogen) atoms. The molecule has 0 amide bonds. The van der Waals surface area contributed by atoms with Gasteiger partial charge in [0.25, 0.3) is 5.95 Å². The van der Waals surface area contributed by atoms with Gasteiger partial charge in [-0.25, -0.2) is 9.59 Å². The van der Waals surface area contributed by atoms with Gasteiger partial charge in [-0.2, -0.15) is 0 Å². The first-order valence-corrected chi connectivity index (χ1v) is 20.5. The van der Waals surface area contributed by atoms with Crippen LogP contribution in [-0.4, -0.2) is 54.2 Å². The molecule has 9 atom stereocenters. The Kier molecular flexibility index (Phi) is 11.1. The molecule has 0 unspecified atom stereocenters. The Morgan fingerprint density at radius 3 is 2.29 bits per heavy atom. The smallest absolute Gasteiger partial charge is 0.508 e. The topological polar surface area (TPSA) is 89.5 Å². The quantitative estimate of drug-likeness (QED) is 0.125. The van der Waals surface area contributed by atoms with Crippen LogP contribution in [0.25, 0.3) is 0 Å². The van der Waals surface area contributed by atoms with E-state index in [1.54, 1.807) is 7.11 Å². The molecule has 4 aliphatic rings. The van der Waals surface area contributed by atoms with Crippen molar-refractivity contribution in [3.63, 3.8) is 0 Å². The molecule has 4 aliphatic carbocycles. The van der Waals surface area contributed by atoms with Gasteiger partial charge in [0, 0.05) is 18.3 Å². The Bertz CT molecular complexity index is 1170. The zero-order valence-corrected chi connectivity index (χ0v) is 30.4. The van der Waals surface area contributed by atoms with E-state index in [1.165, 1.54) is 39.1 Å². The van der Waals surface area contributed by atoms with E-state index in [0.717, 1.165) is 31.3 Å². The largest absolute Gasteiger partial charge is 0.520 e. The van der Waals surface area contributed by atoms with Gasteiger partial charge in [-0.1, -0.05) is 63.8 Å². The Hall–Kier alpha value is -2.42. The van der Waals surface area contributed by atoms with Crippen molar-refractivity contribution in [3.05, 3.63) is 35.3 Å². The van der Waals surface area contributed by atoms with Crippen LogP contribution in [0.15, 0.2) is 35.3 Å². The molecule has 0 aromatic carbocycles. The minimum Gasteiger partial charge on any atom is -0.520 e. The van der Waals surface area contributed by atoms with Crippen molar-refractivity contribution in [2.24, 2.45) is 40.4 Å². The lowest BCUT2D eigenvalue weighted by molar-refractivity contribution is -0.0833. The number of carbonyl (C=O) groups is 2. The predicted octanol–water partition coefficient (Wildman–Crippen LogP) is 9.18. The fourth-order valence-corrected chi connectivity index (χ4v) is 10.1. The fourth-order valence-electron chi connectivity index (χ4n) is 9.37. The molecule has 0 radical (unpaired) electrons. The van der Waals surface area contributed by atoms with Crippen molar-refractivity contribution in [1.82, 2.24) is 0 Å². The van der Waals surface area contributed by atoms with Gasteiger partial charge in [0.1, 0.15) is 12.2 Å². The summed E-state index contributed by atoms with van der Waals surface area (Å²) in [6, 6.07) is 0. The van der Waals surface area contributed by atoms with Crippen molar-refractivity contribution >= 4 is 20.6 Å². The number of hydrogen-bond acceptors (Lipinski definition) is 8. The molecule has 0 N–H and O–H groups in total. The molecule has 9 heteroatoms. The Morgan fingerprint density at radius 1 is 0.978 bits per heavy atom. The standard InChI is InChI=1S/C36H58O8Si/c1-11-12-13-24(20-32(39-5)44-45(8,9)10)23(2)28-16-17-29-27-15-14-25-21-26(42-33(37)40-6)22-31(43-34(38)41-7)36(25,4)30(27)18-19-35(28,29)3/h14-15,20,23-24,26,28-31H,11-13,16-19,21-22H2,1-10H3/b32-20+/t23-,24+,26-,28-,29+,30+,31+,35-,36+/m1/s1. The van der Waals surface area contributed by atoms with E-state index in [1.807, 2.05) is 0 Å². The number of ether oxygens (including phenoxy) is 5. The van der Waals surface area contributed by atoms with Gasteiger partial charge in [-0.15, -0.1) is 0 Å². The van der Waals surface area contributed by atoms with Crippen LogP contribution >= 0.6 is 0 Å². The normalized spacial score (nSPS) is 34.1. The zero-order chi connectivity index (χ0) is 33.2. The lowest BCUT2D eigenvalue weighted by atomic mass is 9.49. The zero-order valence-electron chi connectivity index (χ0n) is 29.4. The summed E-state index contributed by atoms with van der Waals surface area (Å²) in [5, 5.41) is 0. The third-order valence-electron chi connectivity index (χ3n) is 11.7. The highest BCUT2D eigenvalue weighted by Crippen LogP contribution is 2.67. The predicted molar refractivity (Wildman–Crippen MR) is 177 cm³/mol. The van der Waals surface area contributed by atoms with Crippen molar-refractivity contribution in [1.29, 1.82) is 0 Å². The molecule has 8 nitrogen and oxygen atoms in total. The van der Waals surface area contributed by atoms with Gasteiger partial charge >= 0.3 is 12.3 Å². The van der Waals surface area contributed by atoms with Crippen LogP contribution < -0.4 is 0 Å². The Morgan fingerprint density at radius 2 is 1.67 bits per heavy atom. The molecule has 0 spiro atoms. The van der Waals surface area contributed by atoms with Gasteiger partial charge in [-0.05, 0) is 92.8 Å². The van der Waals surface area contributed by atoms with E-state index in [0.29, 0.717) is 42.5 Å². The average molecular weight is 647 g/mol. The number of carbonyl (C=O) groups excluding carboxylic acids is 2. The molecule has 3 fully saturated rings. The van der Waals surface area contributed by atoms with Crippen molar-refractivity contribution < 1.29 is 37.7 Å². The molecule has 0 heterocycles. The van der Waals surface area contributed by atoms with E-state index in [-0.39, 0.29) is 11.3 Å².